The Kier molecular flexibility index (Phi) is 7.12. The summed E-state index contributed by atoms with van der Waals surface area (Å²) in [7, 11) is 1.55. The number of benzene rings is 3. The van der Waals surface area contributed by atoms with Gasteiger partial charge >= 0.3 is 0 Å². The Balaban J connectivity index is 1.31. The van der Waals surface area contributed by atoms with Crippen LogP contribution in [0.15, 0.2) is 66.7 Å². The van der Waals surface area contributed by atoms with Gasteiger partial charge in [-0.2, -0.15) is 0 Å². The third-order valence-corrected chi connectivity index (χ3v) is 7.85. The first-order valence-corrected chi connectivity index (χ1v) is 13.4. The number of para-hydroxylation sites is 1. The van der Waals surface area contributed by atoms with Gasteiger partial charge in [-0.3, -0.25) is 14.5 Å². The highest BCUT2D eigenvalue weighted by Crippen LogP contribution is 2.39. The molecular formula is C32H36N2O5. The normalized spacial score (nSPS) is 18.1. The molecule has 0 aromatic heterocycles. The molecule has 1 fully saturated rings. The Labute approximate surface area is 230 Å². The van der Waals surface area contributed by atoms with E-state index in [9.17, 15) is 9.59 Å². The highest BCUT2D eigenvalue weighted by Gasteiger charge is 2.41. The lowest BCUT2D eigenvalue weighted by Gasteiger charge is -2.53. The van der Waals surface area contributed by atoms with E-state index in [0.29, 0.717) is 46.4 Å². The third kappa shape index (κ3) is 5.23. The summed E-state index contributed by atoms with van der Waals surface area (Å²) in [5.41, 5.74) is 1.28. The van der Waals surface area contributed by atoms with Crippen LogP contribution in [0.25, 0.3) is 0 Å². The minimum atomic E-state index is -0.404. The van der Waals surface area contributed by atoms with Gasteiger partial charge in [0.15, 0.2) is 11.5 Å². The molecule has 0 saturated carbocycles. The van der Waals surface area contributed by atoms with E-state index >= 15 is 0 Å². The second-order valence-corrected chi connectivity index (χ2v) is 11.4. The molecule has 39 heavy (non-hydrogen) atoms. The molecule has 0 unspecified atom stereocenters. The maximum atomic E-state index is 13.3. The average molecular weight is 529 g/mol. The molecule has 204 valence electrons. The van der Waals surface area contributed by atoms with E-state index in [4.69, 9.17) is 14.2 Å². The summed E-state index contributed by atoms with van der Waals surface area (Å²) in [6.07, 6.45) is 3.55. The number of methoxy groups -OCH3 is 1. The van der Waals surface area contributed by atoms with E-state index < -0.39 is 5.91 Å². The minimum Gasteiger partial charge on any atom is -0.493 e. The van der Waals surface area contributed by atoms with Gasteiger partial charge in [0.1, 0.15) is 18.1 Å². The number of hydrogen-bond donors (Lipinski definition) is 0. The van der Waals surface area contributed by atoms with Crippen molar-refractivity contribution in [2.24, 2.45) is 0 Å². The number of fused-ring (bicyclic) bond motifs is 1. The number of nitrogens with zero attached hydrogens (tertiary/aromatic N) is 2. The number of ether oxygens (including phenoxy) is 3. The zero-order valence-electron chi connectivity index (χ0n) is 23.3. The molecule has 3 aromatic rings. The van der Waals surface area contributed by atoms with Gasteiger partial charge in [-0.1, -0.05) is 18.2 Å². The molecule has 2 aliphatic rings. The van der Waals surface area contributed by atoms with Crippen molar-refractivity contribution in [2.75, 3.05) is 25.2 Å². The monoisotopic (exact) mass is 528 g/mol. The largest absolute Gasteiger partial charge is 0.493 e. The molecule has 0 atom stereocenters. The van der Waals surface area contributed by atoms with Gasteiger partial charge in [-0.15, -0.1) is 0 Å². The van der Waals surface area contributed by atoms with E-state index in [1.807, 2.05) is 30.3 Å². The molecule has 7 nitrogen and oxygen atoms in total. The van der Waals surface area contributed by atoms with Gasteiger partial charge in [0.2, 0.25) is 0 Å². The number of imide groups is 1. The van der Waals surface area contributed by atoms with Crippen molar-refractivity contribution in [1.82, 2.24) is 4.90 Å². The molecule has 1 saturated heterocycles. The highest BCUT2D eigenvalue weighted by molar-refractivity contribution is 6.34. The molecular weight excluding hydrogens is 492 g/mol. The molecule has 2 amide bonds. The summed E-state index contributed by atoms with van der Waals surface area (Å²) in [5, 5.41) is 0. The Bertz CT molecular complexity index is 1370. The molecule has 3 aromatic carbocycles. The van der Waals surface area contributed by atoms with Crippen LogP contribution in [-0.4, -0.2) is 48.1 Å². The van der Waals surface area contributed by atoms with Crippen LogP contribution in [0.4, 0.5) is 5.69 Å². The van der Waals surface area contributed by atoms with Crippen LogP contribution in [0.3, 0.4) is 0 Å². The zero-order chi connectivity index (χ0) is 27.8. The fourth-order valence-corrected chi connectivity index (χ4v) is 5.95. The van der Waals surface area contributed by atoms with Gasteiger partial charge in [0.25, 0.3) is 11.8 Å². The van der Waals surface area contributed by atoms with Crippen molar-refractivity contribution in [3.05, 3.63) is 77.9 Å². The zero-order valence-corrected chi connectivity index (χ0v) is 23.3. The number of carbonyl (C=O) groups excluding carboxylic acids is 2. The molecule has 2 aliphatic heterocycles. The molecule has 7 heteroatoms. The summed E-state index contributed by atoms with van der Waals surface area (Å²) in [6.45, 7) is 10.5. The SMILES string of the molecule is COc1cc(N2C(=O)c3ccc(Oc4ccccc4)cc3C2=O)ccc1OCCN1C(C)(C)CCCC1(C)C. The van der Waals surface area contributed by atoms with Gasteiger partial charge in [-0.25, -0.2) is 4.90 Å². The molecule has 0 N–H and O–H groups in total. The van der Waals surface area contributed by atoms with Crippen LogP contribution < -0.4 is 19.1 Å². The average Bonchev–Trinajstić information content (AvgIpc) is 3.15. The van der Waals surface area contributed by atoms with E-state index in [1.54, 1.807) is 43.5 Å². The van der Waals surface area contributed by atoms with E-state index in [1.165, 1.54) is 11.3 Å². The van der Waals surface area contributed by atoms with Gasteiger partial charge in [-0.05, 0) is 89.4 Å². The summed E-state index contributed by atoms with van der Waals surface area (Å²) in [4.78, 5) is 30.3. The number of piperidine rings is 1. The summed E-state index contributed by atoms with van der Waals surface area (Å²) >= 11 is 0. The topological polar surface area (TPSA) is 68.3 Å². The number of rotatable bonds is 8. The van der Waals surface area contributed by atoms with Crippen molar-refractivity contribution < 1.29 is 23.8 Å². The van der Waals surface area contributed by atoms with E-state index in [2.05, 4.69) is 32.6 Å². The van der Waals surface area contributed by atoms with Crippen LogP contribution in [0.5, 0.6) is 23.0 Å². The third-order valence-electron chi connectivity index (χ3n) is 7.85. The predicted molar refractivity (Wildman–Crippen MR) is 151 cm³/mol. The Hall–Kier alpha value is -3.84. The Morgan fingerprint density at radius 2 is 1.46 bits per heavy atom. The van der Waals surface area contributed by atoms with Crippen LogP contribution >= 0.6 is 0 Å². The smallest absolute Gasteiger partial charge is 0.266 e. The number of likely N-dealkylation sites (tertiary alicyclic amines) is 1. The second-order valence-electron chi connectivity index (χ2n) is 11.4. The van der Waals surface area contributed by atoms with Crippen LogP contribution in [0.2, 0.25) is 0 Å². The maximum Gasteiger partial charge on any atom is 0.266 e. The van der Waals surface area contributed by atoms with Crippen LogP contribution in [0.1, 0.15) is 67.7 Å². The highest BCUT2D eigenvalue weighted by atomic mass is 16.5. The lowest BCUT2D eigenvalue weighted by molar-refractivity contribution is -0.0341. The lowest BCUT2D eigenvalue weighted by Crippen LogP contribution is -2.59. The van der Waals surface area contributed by atoms with E-state index in [-0.39, 0.29) is 17.0 Å². The first kappa shape index (κ1) is 26.8. The first-order chi connectivity index (χ1) is 18.6. The van der Waals surface area contributed by atoms with Crippen molar-refractivity contribution in [1.29, 1.82) is 0 Å². The first-order valence-electron chi connectivity index (χ1n) is 13.4. The maximum absolute atomic E-state index is 13.3. The minimum absolute atomic E-state index is 0.108. The molecule has 0 radical (unpaired) electrons. The molecule has 0 bridgehead atoms. The van der Waals surface area contributed by atoms with Crippen LogP contribution in [0, 0.1) is 0 Å². The number of amides is 2. The van der Waals surface area contributed by atoms with Crippen molar-refractivity contribution in [3.8, 4) is 23.0 Å². The Morgan fingerprint density at radius 3 is 2.15 bits per heavy atom. The van der Waals surface area contributed by atoms with Gasteiger partial charge in [0, 0.05) is 23.7 Å². The standard InChI is InChI=1S/C32H36N2O5/c1-31(2)16-9-17-32(3,4)33(31)18-19-38-27-15-12-22(20-28(27)37-5)34-29(35)25-14-13-24(21-26(25)30(34)36)39-23-10-7-6-8-11-23/h6-8,10-15,20-21H,9,16-19H2,1-5H3. The van der Waals surface area contributed by atoms with E-state index in [0.717, 1.165) is 19.4 Å². The summed E-state index contributed by atoms with van der Waals surface area (Å²) < 4.78 is 17.6. The summed E-state index contributed by atoms with van der Waals surface area (Å²) in [6, 6.07) is 19.4. The predicted octanol–water partition coefficient (Wildman–Crippen LogP) is 6.71. The molecule has 5 rings (SSSR count). The Morgan fingerprint density at radius 1 is 0.769 bits per heavy atom. The number of hydrogen-bond acceptors (Lipinski definition) is 6. The fraction of sp³-hybridized carbons (Fsp3) is 0.375. The van der Waals surface area contributed by atoms with Crippen molar-refractivity contribution in [2.45, 2.75) is 58.0 Å². The second kappa shape index (κ2) is 10.4. The van der Waals surface area contributed by atoms with Crippen molar-refractivity contribution in [3.63, 3.8) is 0 Å². The number of anilines is 1. The van der Waals surface area contributed by atoms with Gasteiger partial charge in [0.05, 0.1) is 23.9 Å². The number of carbonyl (C=O) groups is 2. The van der Waals surface area contributed by atoms with Gasteiger partial charge < -0.3 is 14.2 Å². The molecule has 0 spiro atoms. The quantitative estimate of drug-likeness (QED) is 0.303. The van der Waals surface area contributed by atoms with Crippen molar-refractivity contribution >= 4 is 17.5 Å². The fourth-order valence-electron chi connectivity index (χ4n) is 5.95. The summed E-state index contributed by atoms with van der Waals surface area (Å²) in [5.74, 6) is 1.40. The molecule has 2 heterocycles. The van der Waals surface area contributed by atoms with Crippen LogP contribution in [-0.2, 0) is 0 Å². The lowest BCUT2D eigenvalue weighted by atomic mass is 9.80. The molecule has 0 aliphatic carbocycles.